The number of rotatable bonds is 8. The van der Waals surface area contributed by atoms with Gasteiger partial charge in [0.05, 0.1) is 0 Å². The van der Waals surface area contributed by atoms with Crippen LogP contribution in [0.25, 0.3) is 11.1 Å². The number of carbonyl (C=O) groups is 1. The second kappa shape index (κ2) is 10.3. The van der Waals surface area contributed by atoms with Crippen molar-refractivity contribution >= 4 is 11.7 Å². The van der Waals surface area contributed by atoms with Crippen molar-refractivity contribution in [2.75, 3.05) is 5.32 Å². The molecule has 2 N–H and O–H groups in total. The SMILES string of the molecule is CCn1ccc(-c2ccccc2OCc2ccc(NC(=O)NCc3cccnc3)cc2)c1. The minimum Gasteiger partial charge on any atom is -0.488 e. The first kappa shape index (κ1) is 21.2. The highest BCUT2D eigenvalue weighted by atomic mass is 16.5. The number of urea groups is 1. The van der Waals surface area contributed by atoms with E-state index < -0.39 is 0 Å². The van der Waals surface area contributed by atoms with E-state index in [2.05, 4.69) is 51.6 Å². The van der Waals surface area contributed by atoms with Crippen molar-refractivity contribution in [1.29, 1.82) is 0 Å². The molecule has 0 saturated heterocycles. The summed E-state index contributed by atoms with van der Waals surface area (Å²) in [4.78, 5) is 16.1. The molecule has 0 aliphatic rings. The first-order chi connectivity index (χ1) is 15.7. The maximum atomic E-state index is 12.1. The van der Waals surface area contributed by atoms with Gasteiger partial charge in [0.2, 0.25) is 0 Å². The number of hydrogen-bond acceptors (Lipinski definition) is 3. The largest absolute Gasteiger partial charge is 0.488 e. The second-order valence-electron chi connectivity index (χ2n) is 7.38. The van der Waals surface area contributed by atoms with Gasteiger partial charge < -0.3 is 19.9 Å². The summed E-state index contributed by atoms with van der Waals surface area (Å²) in [5.74, 6) is 0.846. The zero-order valence-corrected chi connectivity index (χ0v) is 18.0. The van der Waals surface area contributed by atoms with E-state index in [0.717, 1.165) is 40.2 Å². The molecule has 2 aromatic heterocycles. The molecule has 0 bridgehead atoms. The number of aromatic nitrogens is 2. The molecule has 2 aromatic carbocycles. The summed E-state index contributed by atoms with van der Waals surface area (Å²) in [6.07, 6.45) is 7.63. The predicted octanol–water partition coefficient (Wildman–Crippen LogP) is 5.47. The molecule has 4 rings (SSSR count). The molecule has 32 heavy (non-hydrogen) atoms. The molecular weight excluding hydrogens is 400 g/mol. The van der Waals surface area contributed by atoms with E-state index in [4.69, 9.17) is 4.74 Å². The Morgan fingerprint density at radius 2 is 1.84 bits per heavy atom. The van der Waals surface area contributed by atoms with Gasteiger partial charge in [-0.25, -0.2) is 4.79 Å². The third kappa shape index (κ3) is 5.55. The van der Waals surface area contributed by atoms with Gasteiger partial charge in [-0.1, -0.05) is 36.4 Å². The van der Waals surface area contributed by atoms with Crippen molar-refractivity contribution in [3.63, 3.8) is 0 Å². The summed E-state index contributed by atoms with van der Waals surface area (Å²) in [5.41, 5.74) is 4.90. The molecular formula is C26H26N4O2. The van der Waals surface area contributed by atoms with Crippen LogP contribution in [-0.4, -0.2) is 15.6 Å². The van der Waals surface area contributed by atoms with Crippen LogP contribution < -0.4 is 15.4 Å². The summed E-state index contributed by atoms with van der Waals surface area (Å²) in [5, 5.41) is 5.66. The smallest absolute Gasteiger partial charge is 0.319 e. The Balaban J connectivity index is 1.32. The Kier molecular flexibility index (Phi) is 6.82. The fraction of sp³-hybridized carbons (Fsp3) is 0.154. The number of hydrogen-bond donors (Lipinski definition) is 2. The number of nitrogens with zero attached hydrogens (tertiary/aromatic N) is 2. The number of amides is 2. The number of carbonyl (C=O) groups excluding carboxylic acids is 1. The van der Waals surface area contributed by atoms with Crippen LogP contribution in [0.5, 0.6) is 5.75 Å². The Hall–Kier alpha value is -4.06. The van der Waals surface area contributed by atoms with Crippen LogP contribution in [0, 0.1) is 0 Å². The third-order valence-electron chi connectivity index (χ3n) is 5.10. The van der Waals surface area contributed by atoms with Crippen molar-refractivity contribution in [2.45, 2.75) is 26.6 Å². The molecule has 0 unspecified atom stereocenters. The highest BCUT2D eigenvalue weighted by Crippen LogP contribution is 2.30. The third-order valence-corrected chi connectivity index (χ3v) is 5.10. The van der Waals surface area contributed by atoms with Crippen LogP contribution in [0.3, 0.4) is 0 Å². The lowest BCUT2D eigenvalue weighted by atomic mass is 10.1. The van der Waals surface area contributed by atoms with Crippen LogP contribution in [0.4, 0.5) is 10.5 Å². The number of pyridine rings is 1. The summed E-state index contributed by atoms with van der Waals surface area (Å²) in [6, 6.07) is 21.3. The lowest BCUT2D eigenvalue weighted by Crippen LogP contribution is -2.28. The fourth-order valence-electron chi connectivity index (χ4n) is 3.33. The number of para-hydroxylation sites is 1. The molecule has 0 radical (unpaired) electrons. The molecule has 0 fully saturated rings. The van der Waals surface area contributed by atoms with Gasteiger partial charge in [-0.05, 0) is 48.4 Å². The first-order valence-corrected chi connectivity index (χ1v) is 10.6. The van der Waals surface area contributed by atoms with Gasteiger partial charge in [-0.3, -0.25) is 4.98 Å². The molecule has 6 nitrogen and oxygen atoms in total. The lowest BCUT2D eigenvalue weighted by Gasteiger charge is -2.12. The van der Waals surface area contributed by atoms with E-state index in [-0.39, 0.29) is 6.03 Å². The Bertz CT molecular complexity index is 1150. The molecule has 162 valence electrons. The Labute approximate surface area is 187 Å². The van der Waals surface area contributed by atoms with E-state index >= 15 is 0 Å². The molecule has 6 heteroatoms. The van der Waals surface area contributed by atoms with Crippen molar-refractivity contribution in [1.82, 2.24) is 14.9 Å². The van der Waals surface area contributed by atoms with Gasteiger partial charge in [0.1, 0.15) is 12.4 Å². The van der Waals surface area contributed by atoms with Crippen molar-refractivity contribution in [3.05, 3.63) is 103 Å². The second-order valence-corrected chi connectivity index (χ2v) is 7.38. The number of ether oxygens (including phenoxy) is 1. The van der Waals surface area contributed by atoms with Gasteiger partial charge in [0.25, 0.3) is 0 Å². The van der Waals surface area contributed by atoms with E-state index in [9.17, 15) is 4.79 Å². The van der Waals surface area contributed by atoms with E-state index in [1.165, 1.54) is 0 Å². The number of aryl methyl sites for hydroxylation is 1. The molecule has 0 spiro atoms. The van der Waals surface area contributed by atoms with Crippen molar-refractivity contribution in [3.8, 4) is 16.9 Å². The summed E-state index contributed by atoms with van der Waals surface area (Å²) in [7, 11) is 0. The minimum absolute atomic E-state index is 0.259. The molecule has 4 aromatic rings. The van der Waals surface area contributed by atoms with Crippen molar-refractivity contribution in [2.24, 2.45) is 0 Å². The van der Waals surface area contributed by atoms with Crippen LogP contribution >= 0.6 is 0 Å². The number of benzene rings is 2. The van der Waals surface area contributed by atoms with E-state index in [1.807, 2.05) is 54.6 Å². The number of nitrogens with one attached hydrogen (secondary N) is 2. The van der Waals surface area contributed by atoms with Gasteiger partial charge in [0, 0.05) is 54.7 Å². The minimum atomic E-state index is -0.259. The van der Waals surface area contributed by atoms with Crippen LogP contribution in [0.1, 0.15) is 18.1 Å². The maximum Gasteiger partial charge on any atom is 0.319 e. The van der Waals surface area contributed by atoms with E-state index in [1.54, 1.807) is 12.4 Å². The lowest BCUT2D eigenvalue weighted by molar-refractivity contribution is 0.251. The molecule has 2 amide bonds. The molecule has 0 aliphatic carbocycles. The summed E-state index contributed by atoms with van der Waals surface area (Å²) in [6.45, 7) is 3.92. The van der Waals surface area contributed by atoms with Crippen LogP contribution in [-0.2, 0) is 19.7 Å². The van der Waals surface area contributed by atoms with Gasteiger partial charge in [0.15, 0.2) is 0 Å². The summed E-state index contributed by atoms with van der Waals surface area (Å²) < 4.78 is 8.26. The highest BCUT2D eigenvalue weighted by molar-refractivity contribution is 5.89. The fourth-order valence-corrected chi connectivity index (χ4v) is 3.33. The molecule has 2 heterocycles. The average molecular weight is 427 g/mol. The maximum absolute atomic E-state index is 12.1. The molecule has 0 saturated carbocycles. The van der Waals surface area contributed by atoms with E-state index in [0.29, 0.717) is 13.2 Å². The average Bonchev–Trinajstić information content (AvgIpc) is 3.32. The Morgan fingerprint density at radius 3 is 2.59 bits per heavy atom. The quantitative estimate of drug-likeness (QED) is 0.393. The zero-order chi connectivity index (χ0) is 22.2. The number of anilines is 1. The van der Waals surface area contributed by atoms with Gasteiger partial charge in [-0.2, -0.15) is 0 Å². The van der Waals surface area contributed by atoms with Gasteiger partial charge >= 0.3 is 6.03 Å². The first-order valence-electron chi connectivity index (χ1n) is 10.6. The topological polar surface area (TPSA) is 68.2 Å². The van der Waals surface area contributed by atoms with Crippen LogP contribution in [0.15, 0.2) is 91.5 Å². The molecule has 0 atom stereocenters. The monoisotopic (exact) mass is 426 g/mol. The predicted molar refractivity (Wildman–Crippen MR) is 126 cm³/mol. The highest BCUT2D eigenvalue weighted by Gasteiger charge is 2.08. The normalized spacial score (nSPS) is 10.5. The van der Waals surface area contributed by atoms with Crippen LogP contribution in [0.2, 0.25) is 0 Å². The van der Waals surface area contributed by atoms with Crippen molar-refractivity contribution < 1.29 is 9.53 Å². The Morgan fingerprint density at radius 1 is 1.00 bits per heavy atom. The van der Waals surface area contributed by atoms with Gasteiger partial charge in [-0.15, -0.1) is 0 Å². The standard InChI is InChI=1S/C26H26N4O2/c1-2-30-15-13-22(18-30)24-7-3-4-8-25(24)32-19-20-9-11-23(12-10-20)29-26(31)28-17-21-6-5-14-27-16-21/h3-16,18H,2,17,19H2,1H3,(H2,28,29,31). The summed E-state index contributed by atoms with van der Waals surface area (Å²) >= 11 is 0. The zero-order valence-electron chi connectivity index (χ0n) is 18.0. The molecule has 0 aliphatic heterocycles.